The van der Waals surface area contributed by atoms with Crippen LogP contribution in [0.5, 0.6) is 0 Å². The van der Waals surface area contributed by atoms with Crippen LogP contribution in [0.2, 0.25) is 0 Å². The molecule has 0 spiro atoms. The lowest BCUT2D eigenvalue weighted by Crippen LogP contribution is -2.37. The van der Waals surface area contributed by atoms with Gasteiger partial charge in [-0.3, -0.25) is 9.59 Å². The van der Waals surface area contributed by atoms with Crippen molar-refractivity contribution >= 4 is 44.8 Å². The molecule has 1 unspecified atom stereocenters. The number of para-hydroxylation sites is 1. The van der Waals surface area contributed by atoms with E-state index in [2.05, 4.69) is 20.9 Å². The number of halogens is 1. The van der Waals surface area contributed by atoms with Crippen molar-refractivity contribution in [1.29, 1.82) is 0 Å². The first-order chi connectivity index (χ1) is 15.6. The fourth-order valence-electron chi connectivity index (χ4n) is 4.16. The van der Waals surface area contributed by atoms with Crippen LogP contribution in [0.15, 0.2) is 89.7 Å². The van der Waals surface area contributed by atoms with Crippen molar-refractivity contribution in [2.45, 2.75) is 13.0 Å². The van der Waals surface area contributed by atoms with Gasteiger partial charge in [0.1, 0.15) is 5.65 Å². The highest BCUT2D eigenvalue weighted by Gasteiger charge is 2.38. The van der Waals surface area contributed by atoms with Crippen LogP contribution in [0.3, 0.4) is 0 Å². The Morgan fingerprint density at radius 1 is 1.06 bits per heavy atom. The van der Waals surface area contributed by atoms with Crippen LogP contribution in [-0.2, 0) is 16.1 Å². The third-order valence-corrected chi connectivity index (χ3v) is 6.24. The van der Waals surface area contributed by atoms with Crippen LogP contribution in [0.4, 0.5) is 11.4 Å². The number of hydrogen-bond donors (Lipinski definition) is 0. The highest BCUT2D eigenvalue weighted by molar-refractivity contribution is 9.10. The molecule has 0 radical (unpaired) electrons. The van der Waals surface area contributed by atoms with Crippen molar-refractivity contribution in [2.75, 3.05) is 16.3 Å². The minimum Gasteiger partial charge on any atom is -0.312 e. The summed E-state index contributed by atoms with van der Waals surface area (Å²) in [5.41, 5.74) is 3.34. The summed E-state index contributed by atoms with van der Waals surface area (Å²) in [5.74, 6) is -0.516. The summed E-state index contributed by atoms with van der Waals surface area (Å²) in [6, 6.07) is 23.0. The van der Waals surface area contributed by atoms with Gasteiger partial charge < -0.3 is 14.2 Å². The Labute approximate surface area is 194 Å². The van der Waals surface area contributed by atoms with Crippen molar-refractivity contribution in [3.05, 3.63) is 95.4 Å². The topological polar surface area (TPSA) is 57.9 Å². The largest absolute Gasteiger partial charge is 0.312 e. The molecule has 2 aromatic heterocycles. The minimum absolute atomic E-state index is 0.0377. The molecule has 5 rings (SSSR count). The lowest BCUT2D eigenvalue weighted by Gasteiger charge is -2.26. The molecule has 4 aromatic rings. The third kappa shape index (κ3) is 3.91. The summed E-state index contributed by atoms with van der Waals surface area (Å²) in [6.45, 7) is 0.736. The molecule has 1 aliphatic heterocycles. The SMILES string of the molecule is O=C1CC(C(=O)N(Cc2cnc3ccccn23)c2ccccc2)CN1c1cccc(Br)c1. The zero-order valence-electron chi connectivity index (χ0n) is 17.3. The van der Waals surface area contributed by atoms with Crippen molar-refractivity contribution in [3.63, 3.8) is 0 Å². The van der Waals surface area contributed by atoms with E-state index in [1.54, 1.807) is 16.0 Å². The van der Waals surface area contributed by atoms with E-state index in [1.165, 1.54) is 0 Å². The second-order valence-corrected chi connectivity index (χ2v) is 8.74. The van der Waals surface area contributed by atoms with Crippen molar-refractivity contribution in [3.8, 4) is 0 Å². The molecule has 0 saturated carbocycles. The molecule has 3 heterocycles. The molecular weight excluding hydrogens is 468 g/mol. The van der Waals surface area contributed by atoms with E-state index in [9.17, 15) is 9.59 Å². The average molecular weight is 489 g/mol. The number of nitrogens with zero attached hydrogens (tertiary/aromatic N) is 4. The molecule has 1 aliphatic rings. The number of carbonyl (C=O) groups excluding carboxylic acids is 2. The summed E-state index contributed by atoms with van der Waals surface area (Å²) >= 11 is 3.46. The Hall–Kier alpha value is -3.45. The molecule has 1 fully saturated rings. The Morgan fingerprint density at radius 2 is 1.88 bits per heavy atom. The van der Waals surface area contributed by atoms with Crippen molar-refractivity contribution in [2.24, 2.45) is 5.92 Å². The van der Waals surface area contributed by atoms with Crippen LogP contribution in [0.1, 0.15) is 12.1 Å². The number of rotatable bonds is 5. The van der Waals surface area contributed by atoms with E-state index in [4.69, 9.17) is 0 Å². The highest BCUT2D eigenvalue weighted by atomic mass is 79.9. The molecule has 1 saturated heterocycles. The number of carbonyl (C=O) groups is 2. The molecule has 2 aromatic carbocycles. The van der Waals surface area contributed by atoms with E-state index in [1.807, 2.05) is 83.4 Å². The third-order valence-electron chi connectivity index (χ3n) is 5.74. The second-order valence-electron chi connectivity index (χ2n) is 7.82. The number of benzene rings is 2. The minimum atomic E-state index is -0.416. The van der Waals surface area contributed by atoms with E-state index in [-0.39, 0.29) is 18.2 Å². The molecule has 1 atom stereocenters. The number of aromatic nitrogens is 2. The number of imidazole rings is 1. The number of fused-ring (bicyclic) bond motifs is 1. The van der Waals surface area contributed by atoms with Gasteiger partial charge in [0.25, 0.3) is 0 Å². The van der Waals surface area contributed by atoms with Gasteiger partial charge >= 0.3 is 0 Å². The first-order valence-corrected chi connectivity index (χ1v) is 11.2. The van der Waals surface area contributed by atoms with Crippen LogP contribution in [0.25, 0.3) is 5.65 Å². The van der Waals surface area contributed by atoms with Crippen LogP contribution in [-0.4, -0.2) is 27.7 Å². The van der Waals surface area contributed by atoms with E-state index < -0.39 is 5.92 Å². The average Bonchev–Trinajstić information content (AvgIpc) is 3.41. The lowest BCUT2D eigenvalue weighted by atomic mass is 10.1. The number of pyridine rings is 1. The molecule has 6 nitrogen and oxygen atoms in total. The fraction of sp³-hybridized carbons (Fsp3) is 0.160. The molecular formula is C25H21BrN4O2. The van der Waals surface area contributed by atoms with Crippen LogP contribution < -0.4 is 9.80 Å². The van der Waals surface area contributed by atoms with Gasteiger partial charge in [0.2, 0.25) is 11.8 Å². The predicted molar refractivity (Wildman–Crippen MR) is 127 cm³/mol. The smallest absolute Gasteiger partial charge is 0.232 e. The summed E-state index contributed by atoms with van der Waals surface area (Å²) in [7, 11) is 0. The summed E-state index contributed by atoms with van der Waals surface area (Å²) in [4.78, 5) is 34.4. The maximum atomic E-state index is 13.7. The van der Waals surface area contributed by atoms with Gasteiger partial charge in [-0.1, -0.05) is 46.3 Å². The number of hydrogen-bond acceptors (Lipinski definition) is 3. The highest BCUT2D eigenvalue weighted by Crippen LogP contribution is 2.30. The zero-order valence-corrected chi connectivity index (χ0v) is 18.9. The van der Waals surface area contributed by atoms with Crippen LogP contribution >= 0.6 is 15.9 Å². The molecule has 32 heavy (non-hydrogen) atoms. The fourth-order valence-corrected chi connectivity index (χ4v) is 4.54. The molecule has 0 N–H and O–H groups in total. The van der Waals surface area contributed by atoms with Gasteiger partial charge in [0.05, 0.1) is 24.4 Å². The van der Waals surface area contributed by atoms with E-state index in [0.29, 0.717) is 13.1 Å². The summed E-state index contributed by atoms with van der Waals surface area (Å²) in [6.07, 6.45) is 3.94. The summed E-state index contributed by atoms with van der Waals surface area (Å²) < 4.78 is 2.88. The first-order valence-electron chi connectivity index (χ1n) is 10.4. The van der Waals surface area contributed by atoms with Gasteiger partial charge in [-0.2, -0.15) is 0 Å². The van der Waals surface area contributed by atoms with Gasteiger partial charge in [0.15, 0.2) is 0 Å². The molecule has 7 heteroatoms. The maximum absolute atomic E-state index is 13.7. The molecule has 160 valence electrons. The summed E-state index contributed by atoms with van der Waals surface area (Å²) in [5, 5.41) is 0. The van der Waals surface area contributed by atoms with E-state index >= 15 is 0 Å². The van der Waals surface area contributed by atoms with Gasteiger partial charge in [0, 0.05) is 35.0 Å². The number of anilines is 2. The lowest BCUT2D eigenvalue weighted by molar-refractivity contribution is -0.124. The molecule has 0 aliphatic carbocycles. The quantitative estimate of drug-likeness (QED) is 0.409. The Morgan fingerprint density at radius 3 is 2.69 bits per heavy atom. The Bertz CT molecular complexity index is 1290. The van der Waals surface area contributed by atoms with E-state index in [0.717, 1.165) is 27.2 Å². The van der Waals surface area contributed by atoms with Crippen LogP contribution in [0, 0.1) is 5.92 Å². The van der Waals surface area contributed by atoms with Gasteiger partial charge in [-0.15, -0.1) is 0 Å². The number of amides is 2. The monoisotopic (exact) mass is 488 g/mol. The van der Waals surface area contributed by atoms with Gasteiger partial charge in [-0.05, 0) is 42.5 Å². The van der Waals surface area contributed by atoms with Gasteiger partial charge in [-0.25, -0.2) is 4.98 Å². The molecule has 0 bridgehead atoms. The van der Waals surface area contributed by atoms with Crippen molar-refractivity contribution in [1.82, 2.24) is 9.38 Å². The predicted octanol–water partition coefficient (Wildman–Crippen LogP) is 4.68. The maximum Gasteiger partial charge on any atom is 0.232 e. The first kappa shape index (κ1) is 20.5. The Balaban J connectivity index is 1.44. The standard InChI is InChI=1S/C25H21BrN4O2/c26-19-7-6-10-21(14-19)29-16-18(13-24(29)31)25(32)30(20-8-2-1-3-9-20)17-22-15-27-23-11-4-5-12-28(22)23/h1-12,14-15,18H,13,16-17H2. The zero-order chi connectivity index (χ0) is 22.1. The Kier molecular flexibility index (Phi) is 5.49. The second kappa shape index (κ2) is 8.59. The normalized spacial score (nSPS) is 16.0. The molecule has 2 amide bonds. The van der Waals surface area contributed by atoms with Crippen molar-refractivity contribution < 1.29 is 9.59 Å².